The average molecular weight is 286 g/mol. The molecule has 0 spiro atoms. The Morgan fingerprint density at radius 2 is 2.19 bits per heavy atom. The van der Waals surface area contributed by atoms with E-state index in [2.05, 4.69) is 16.1 Å². The fourth-order valence-electron chi connectivity index (χ4n) is 2.82. The summed E-state index contributed by atoms with van der Waals surface area (Å²) in [6, 6.07) is 4.09. The van der Waals surface area contributed by atoms with Crippen molar-refractivity contribution >= 4 is 6.09 Å². The van der Waals surface area contributed by atoms with Gasteiger partial charge >= 0.3 is 6.09 Å². The molecule has 1 aliphatic heterocycles. The molecule has 6 heteroatoms. The van der Waals surface area contributed by atoms with Crippen LogP contribution in [0.1, 0.15) is 23.7 Å². The first-order valence-electron chi connectivity index (χ1n) is 6.98. The Morgan fingerprint density at radius 1 is 1.38 bits per heavy atom. The largest absolute Gasteiger partial charge is 0.465 e. The van der Waals surface area contributed by atoms with Crippen molar-refractivity contribution in [3.05, 3.63) is 35.9 Å². The van der Waals surface area contributed by atoms with Gasteiger partial charge in [-0.3, -0.25) is 9.67 Å². The number of pyridine rings is 1. The molecule has 0 saturated carbocycles. The lowest BCUT2D eigenvalue weighted by Crippen LogP contribution is -2.26. The predicted molar refractivity (Wildman–Crippen MR) is 78.1 cm³/mol. The molecule has 2 aromatic heterocycles. The first-order chi connectivity index (χ1) is 10.0. The Balaban J connectivity index is 1.90. The summed E-state index contributed by atoms with van der Waals surface area (Å²) >= 11 is 0. The summed E-state index contributed by atoms with van der Waals surface area (Å²) in [6.45, 7) is 3.07. The van der Waals surface area contributed by atoms with Gasteiger partial charge in [0.15, 0.2) is 0 Å². The van der Waals surface area contributed by atoms with Crippen molar-refractivity contribution in [2.75, 3.05) is 13.1 Å². The van der Waals surface area contributed by atoms with Gasteiger partial charge in [-0.1, -0.05) is 0 Å². The monoisotopic (exact) mass is 286 g/mol. The van der Waals surface area contributed by atoms with Crippen LogP contribution in [0.5, 0.6) is 0 Å². The molecule has 0 aliphatic carbocycles. The van der Waals surface area contributed by atoms with E-state index in [0.717, 1.165) is 28.9 Å². The summed E-state index contributed by atoms with van der Waals surface area (Å²) in [5.41, 5.74) is 4.05. The highest BCUT2D eigenvalue weighted by Crippen LogP contribution is 2.29. The van der Waals surface area contributed by atoms with Crippen LogP contribution in [0, 0.1) is 6.92 Å². The molecule has 2 aromatic rings. The van der Waals surface area contributed by atoms with Crippen LogP contribution in [0.2, 0.25) is 0 Å². The molecule has 21 heavy (non-hydrogen) atoms. The molecule has 0 aromatic carbocycles. The molecule has 1 N–H and O–H groups in total. The van der Waals surface area contributed by atoms with E-state index in [9.17, 15) is 4.79 Å². The van der Waals surface area contributed by atoms with Gasteiger partial charge in [-0.05, 0) is 31.0 Å². The second-order valence-electron chi connectivity index (χ2n) is 5.54. The number of aryl methyl sites for hydroxylation is 2. The van der Waals surface area contributed by atoms with Crippen LogP contribution >= 0.6 is 0 Å². The van der Waals surface area contributed by atoms with Crippen LogP contribution in [-0.4, -0.2) is 44.0 Å². The molecule has 3 rings (SSSR count). The Kier molecular flexibility index (Phi) is 3.37. The van der Waals surface area contributed by atoms with E-state index in [0.29, 0.717) is 13.1 Å². The second-order valence-corrected chi connectivity index (χ2v) is 5.54. The first kappa shape index (κ1) is 13.6. The SMILES string of the molecule is Cc1cc(-c2cnn(C)c2)cc(C2CCN(C(=O)O)C2)n1. The Labute approximate surface area is 123 Å². The van der Waals surface area contributed by atoms with Gasteiger partial charge in [-0.15, -0.1) is 0 Å². The van der Waals surface area contributed by atoms with Gasteiger partial charge in [0.1, 0.15) is 0 Å². The number of carboxylic acid groups (broad SMARTS) is 1. The van der Waals surface area contributed by atoms with Crippen LogP contribution in [-0.2, 0) is 7.05 Å². The highest BCUT2D eigenvalue weighted by Gasteiger charge is 2.28. The molecule has 0 bridgehead atoms. The zero-order valence-electron chi connectivity index (χ0n) is 12.2. The molecule has 0 radical (unpaired) electrons. The minimum atomic E-state index is -0.849. The van der Waals surface area contributed by atoms with Crippen molar-refractivity contribution < 1.29 is 9.90 Å². The molecule has 6 nitrogen and oxygen atoms in total. The van der Waals surface area contributed by atoms with Crippen molar-refractivity contribution in [3.63, 3.8) is 0 Å². The van der Waals surface area contributed by atoms with Crippen LogP contribution in [0.4, 0.5) is 4.79 Å². The number of likely N-dealkylation sites (tertiary alicyclic amines) is 1. The maximum atomic E-state index is 11.0. The molecule has 1 aliphatic rings. The summed E-state index contributed by atoms with van der Waals surface area (Å²) in [4.78, 5) is 17.1. The fraction of sp³-hybridized carbons (Fsp3) is 0.400. The van der Waals surface area contributed by atoms with E-state index in [1.165, 1.54) is 4.90 Å². The van der Waals surface area contributed by atoms with E-state index in [1.807, 2.05) is 32.4 Å². The first-order valence-corrected chi connectivity index (χ1v) is 6.98. The molecule has 1 amide bonds. The van der Waals surface area contributed by atoms with Crippen molar-refractivity contribution in [2.45, 2.75) is 19.3 Å². The summed E-state index contributed by atoms with van der Waals surface area (Å²) < 4.78 is 1.77. The summed E-state index contributed by atoms with van der Waals surface area (Å²) in [6.07, 6.45) is 3.78. The smallest absolute Gasteiger partial charge is 0.407 e. The quantitative estimate of drug-likeness (QED) is 0.919. The van der Waals surface area contributed by atoms with E-state index >= 15 is 0 Å². The fourth-order valence-corrected chi connectivity index (χ4v) is 2.82. The number of aromatic nitrogens is 3. The summed E-state index contributed by atoms with van der Waals surface area (Å²) in [5, 5.41) is 13.3. The maximum Gasteiger partial charge on any atom is 0.407 e. The molecule has 1 atom stereocenters. The zero-order valence-corrected chi connectivity index (χ0v) is 12.2. The van der Waals surface area contributed by atoms with Gasteiger partial charge in [-0.2, -0.15) is 5.10 Å². The van der Waals surface area contributed by atoms with Gasteiger partial charge in [0, 0.05) is 49.2 Å². The van der Waals surface area contributed by atoms with Gasteiger partial charge < -0.3 is 10.0 Å². The summed E-state index contributed by atoms with van der Waals surface area (Å²) in [7, 11) is 1.89. The normalized spacial score (nSPS) is 18.2. The topological polar surface area (TPSA) is 71.2 Å². The van der Waals surface area contributed by atoms with Crippen molar-refractivity contribution in [3.8, 4) is 11.1 Å². The third-order valence-electron chi connectivity index (χ3n) is 3.89. The van der Waals surface area contributed by atoms with Crippen LogP contribution in [0.3, 0.4) is 0 Å². The van der Waals surface area contributed by atoms with E-state index in [-0.39, 0.29) is 5.92 Å². The molecule has 3 heterocycles. The highest BCUT2D eigenvalue weighted by atomic mass is 16.4. The van der Waals surface area contributed by atoms with Gasteiger partial charge in [-0.25, -0.2) is 4.79 Å². The van der Waals surface area contributed by atoms with E-state index < -0.39 is 6.09 Å². The number of hydrogen-bond donors (Lipinski definition) is 1. The number of amides is 1. The zero-order chi connectivity index (χ0) is 15.0. The molecule has 1 unspecified atom stereocenters. The molecular formula is C15H18N4O2. The van der Waals surface area contributed by atoms with Crippen LogP contribution in [0.15, 0.2) is 24.5 Å². The molecule has 1 fully saturated rings. The van der Waals surface area contributed by atoms with Crippen molar-refractivity contribution in [1.29, 1.82) is 0 Å². The standard InChI is InChI=1S/C15H18N4O2/c1-10-5-12(13-7-16-18(2)8-13)6-14(17-10)11-3-4-19(9-11)15(20)21/h5-8,11H,3-4,9H2,1-2H3,(H,20,21). The highest BCUT2D eigenvalue weighted by molar-refractivity contribution is 5.66. The molecule has 110 valence electrons. The second kappa shape index (κ2) is 5.20. The predicted octanol–water partition coefficient (Wildman–Crippen LogP) is 2.26. The Morgan fingerprint density at radius 3 is 2.81 bits per heavy atom. The van der Waals surface area contributed by atoms with Crippen LogP contribution < -0.4 is 0 Å². The van der Waals surface area contributed by atoms with Crippen molar-refractivity contribution in [2.24, 2.45) is 7.05 Å². The lowest BCUT2D eigenvalue weighted by molar-refractivity contribution is 0.155. The third kappa shape index (κ3) is 2.74. The van der Waals surface area contributed by atoms with E-state index in [4.69, 9.17) is 5.11 Å². The number of hydrogen-bond acceptors (Lipinski definition) is 3. The van der Waals surface area contributed by atoms with Gasteiger partial charge in [0.2, 0.25) is 0 Å². The number of rotatable bonds is 2. The molecular weight excluding hydrogens is 268 g/mol. The van der Waals surface area contributed by atoms with E-state index in [1.54, 1.807) is 4.68 Å². The lowest BCUT2D eigenvalue weighted by atomic mass is 10.00. The van der Waals surface area contributed by atoms with Crippen LogP contribution in [0.25, 0.3) is 11.1 Å². The van der Waals surface area contributed by atoms with Gasteiger partial charge in [0.05, 0.1) is 6.20 Å². The van der Waals surface area contributed by atoms with Gasteiger partial charge in [0.25, 0.3) is 0 Å². The Hall–Kier alpha value is -2.37. The number of nitrogens with zero attached hydrogens (tertiary/aromatic N) is 4. The average Bonchev–Trinajstić information content (AvgIpc) is 3.06. The maximum absolute atomic E-state index is 11.0. The lowest BCUT2D eigenvalue weighted by Gasteiger charge is -2.13. The minimum Gasteiger partial charge on any atom is -0.465 e. The Bertz CT molecular complexity index is 680. The molecule has 1 saturated heterocycles. The summed E-state index contributed by atoms with van der Waals surface area (Å²) in [5.74, 6) is 0.177. The van der Waals surface area contributed by atoms with Crippen molar-refractivity contribution in [1.82, 2.24) is 19.7 Å². The number of carbonyl (C=O) groups is 1. The minimum absolute atomic E-state index is 0.177. The third-order valence-corrected chi connectivity index (χ3v) is 3.89.